The topological polar surface area (TPSA) is 92.0 Å². The Labute approximate surface area is 148 Å². The molecule has 2 heterocycles. The number of hydrogen-bond donors (Lipinski definition) is 0. The molecule has 3 rings (SSSR count). The maximum atomic E-state index is 11.7. The van der Waals surface area contributed by atoms with E-state index in [1.54, 1.807) is 18.3 Å². The zero-order valence-corrected chi connectivity index (χ0v) is 14.3. The molecule has 3 aromatic rings. The lowest BCUT2D eigenvalue weighted by Crippen LogP contribution is -2.15. The van der Waals surface area contributed by atoms with Crippen molar-refractivity contribution in [3.8, 4) is 17.1 Å². The van der Waals surface area contributed by atoms with E-state index in [0.29, 0.717) is 22.3 Å². The number of rotatable bonds is 5. The largest absolute Gasteiger partial charge is 0.479 e. The van der Waals surface area contributed by atoms with Crippen molar-refractivity contribution in [2.45, 2.75) is 6.54 Å². The van der Waals surface area contributed by atoms with Crippen molar-refractivity contribution < 1.29 is 14.3 Å². The third-order valence-electron chi connectivity index (χ3n) is 3.38. The lowest BCUT2D eigenvalue weighted by atomic mass is 10.1. The molecule has 0 amide bonds. The van der Waals surface area contributed by atoms with Crippen LogP contribution >= 0.6 is 11.6 Å². The molecule has 9 heteroatoms. The third kappa shape index (κ3) is 3.58. The van der Waals surface area contributed by atoms with Gasteiger partial charge in [0.1, 0.15) is 12.0 Å². The highest BCUT2D eigenvalue weighted by Gasteiger charge is 2.17. The first-order valence-electron chi connectivity index (χ1n) is 7.24. The Morgan fingerprint density at radius 2 is 2.12 bits per heavy atom. The molecule has 0 N–H and O–H groups in total. The van der Waals surface area contributed by atoms with E-state index in [0.717, 1.165) is 5.56 Å². The highest BCUT2D eigenvalue weighted by atomic mass is 35.5. The first kappa shape index (κ1) is 16.8. The molecule has 0 aliphatic rings. The monoisotopic (exact) mass is 359 g/mol. The first-order chi connectivity index (χ1) is 12.1. The van der Waals surface area contributed by atoms with Gasteiger partial charge in [0.25, 0.3) is 0 Å². The molecule has 25 heavy (non-hydrogen) atoms. The van der Waals surface area contributed by atoms with Gasteiger partial charge < -0.3 is 9.47 Å². The first-order valence-corrected chi connectivity index (χ1v) is 7.62. The van der Waals surface area contributed by atoms with Gasteiger partial charge in [0.2, 0.25) is 11.7 Å². The summed E-state index contributed by atoms with van der Waals surface area (Å²) in [4.78, 5) is 24.4. The number of aromatic nitrogens is 5. The molecule has 0 radical (unpaired) electrons. The van der Waals surface area contributed by atoms with E-state index < -0.39 is 5.97 Å². The van der Waals surface area contributed by atoms with Crippen molar-refractivity contribution in [3.05, 3.63) is 53.3 Å². The van der Waals surface area contributed by atoms with Gasteiger partial charge in [-0.3, -0.25) is 0 Å². The summed E-state index contributed by atoms with van der Waals surface area (Å²) in [6.45, 7) is 0.203. The van der Waals surface area contributed by atoms with E-state index in [1.165, 1.54) is 25.2 Å². The fourth-order valence-electron chi connectivity index (χ4n) is 2.25. The fourth-order valence-corrected chi connectivity index (χ4v) is 2.44. The molecule has 0 saturated heterocycles. The van der Waals surface area contributed by atoms with Gasteiger partial charge in [-0.05, 0) is 12.1 Å². The van der Waals surface area contributed by atoms with Crippen molar-refractivity contribution in [1.29, 1.82) is 0 Å². The third-order valence-corrected chi connectivity index (χ3v) is 3.61. The van der Waals surface area contributed by atoms with Crippen LogP contribution in [-0.4, -0.2) is 44.9 Å². The number of halogens is 1. The summed E-state index contributed by atoms with van der Waals surface area (Å²) >= 11 is 6.05. The second-order valence-electron chi connectivity index (χ2n) is 4.96. The molecule has 8 nitrogen and oxygen atoms in total. The zero-order chi connectivity index (χ0) is 17.8. The molecule has 1 aromatic carbocycles. The highest BCUT2D eigenvalue weighted by molar-refractivity contribution is 6.30. The molecular formula is C16H14ClN5O3. The van der Waals surface area contributed by atoms with Gasteiger partial charge in [-0.1, -0.05) is 23.7 Å². The number of esters is 1. The van der Waals surface area contributed by atoms with Crippen LogP contribution in [0.2, 0.25) is 5.02 Å². The van der Waals surface area contributed by atoms with Crippen LogP contribution in [0.5, 0.6) is 5.88 Å². The molecule has 128 valence electrons. The van der Waals surface area contributed by atoms with Crippen molar-refractivity contribution in [2.24, 2.45) is 0 Å². The number of ether oxygens (including phenoxy) is 2. The Kier molecular flexibility index (Phi) is 4.90. The molecular weight excluding hydrogens is 346 g/mol. The molecule has 0 saturated carbocycles. The van der Waals surface area contributed by atoms with E-state index in [2.05, 4.69) is 24.8 Å². The molecule has 2 aromatic heterocycles. The van der Waals surface area contributed by atoms with E-state index in [4.69, 9.17) is 16.3 Å². The molecule has 0 aliphatic carbocycles. The molecule has 0 unspecified atom stereocenters. The maximum Gasteiger partial charge on any atom is 0.375 e. The number of carbonyl (C=O) groups is 1. The minimum Gasteiger partial charge on any atom is -0.479 e. The standard InChI is InChI=1S/C16H14ClN5O3/c1-24-15-13(10-4-3-5-11(17)6-10)21-12(7-18-15)8-22-14(16(23)25-2)19-9-20-22/h3-7,9H,8H2,1-2H3. The maximum absolute atomic E-state index is 11.7. The van der Waals surface area contributed by atoms with Crippen LogP contribution in [0, 0.1) is 0 Å². The number of methoxy groups -OCH3 is 2. The Hall–Kier alpha value is -3.00. The van der Waals surface area contributed by atoms with Crippen LogP contribution in [0.4, 0.5) is 0 Å². The van der Waals surface area contributed by atoms with Crippen LogP contribution < -0.4 is 4.74 Å². The number of nitrogens with zero attached hydrogens (tertiary/aromatic N) is 5. The average molecular weight is 360 g/mol. The van der Waals surface area contributed by atoms with E-state index in [1.807, 2.05) is 12.1 Å². The minimum atomic E-state index is -0.575. The molecule has 0 bridgehead atoms. The average Bonchev–Trinajstić information content (AvgIpc) is 3.09. The van der Waals surface area contributed by atoms with Crippen molar-refractivity contribution in [2.75, 3.05) is 14.2 Å². The lowest BCUT2D eigenvalue weighted by molar-refractivity contribution is 0.0580. The fraction of sp³-hybridized carbons (Fsp3) is 0.188. The van der Waals surface area contributed by atoms with Crippen LogP contribution in [0.1, 0.15) is 16.3 Å². The van der Waals surface area contributed by atoms with Gasteiger partial charge in [-0.15, -0.1) is 0 Å². The predicted octanol–water partition coefficient (Wildman–Crippen LogP) is 2.23. The Morgan fingerprint density at radius 3 is 2.84 bits per heavy atom. The van der Waals surface area contributed by atoms with Gasteiger partial charge in [-0.2, -0.15) is 5.10 Å². The van der Waals surface area contributed by atoms with E-state index >= 15 is 0 Å². The smallest absolute Gasteiger partial charge is 0.375 e. The number of benzene rings is 1. The Morgan fingerprint density at radius 1 is 1.28 bits per heavy atom. The Balaban J connectivity index is 1.98. The summed E-state index contributed by atoms with van der Waals surface area (Å²) in [6, 6.07) is 7.22. The second-order valence-corrected chi connectivity index (χ2v) is 5.40. The zero-order valence-electron chi connectivity index (χ0n) is 13.5. The van der Waals surface area contributed by atoms with Crippen LogP contribution in [0.3, 0.4) is 0 Å². The van der Waals surface area contributed by atoms with Gasteiger partial charge in [0.15, 0.2) is 0 Å². The van der Waals surface area contributed by atoms with Gasteiger partial charge in [0.05, 0.1) is 32.7 Å². The van der Waals surface area contributed by atoms with E-state index in [9.17, 15) is 4.79 Å². The second kappa shape index (κ2) is 7.27. The lowest BCUT2D eigenvalue weighted by Gasteiger charge is -2.10. The number of hydrogen-bond acceptors (Lipinski definition) is 7. The normalized spacial score (nSPS) is 10.5. The van der Waals surface area contributed by atoms with Crippen molar-refractivity contribution in [1.82, 2.24) is 24.7 Å². The van der Waals surface area contributed by atoms with Crippen LogP contribution in [0.15, 0.2) is 36.8 Å². The van der Waals surface area contributed by atoms with Gasteiger partial charge >= 0.3 is 5.97 Å². The molecule has 0 aliphatic heterocycles. The Bertz CT molecular complexity index is 912. The summed E-state index contributed by atoms with van der Waals surface area (Å²) < 4.78 is 11.4. The van der Waals surface area contributed by atoms with Gasteiger partial charge in [-0.25, -0.2) is 24.4 Å². The summed E-state index contributed by atoms with van der Waals surface area (Å²) in [6.07, 6.45) is 2.83. The molecule has 0 spiro atoms. The highest BCUT2D eigenvalue weighted by Crippen LogP contribution is 2.28. The van der Waals surface area contributed by atoms with Crippen molar-refractivity contribution in [3.63, 3.8) is 0 Å². The van der Waals surface area contributed by atoms with E-state index in [-0.39, 0.29) is 12.4 Å². The van der Waals surface area contributed by atoms with Gasteiger partial charge in [0, 0.05) is 10.6 Å². The van der Waals surface area contributed by atoms with Crippen molar-refractivity contribution >= 4 is 17.6 Å². The predicted molar refractivity (Wildman–Crippen MR) is 89.5 cm³/mol. The summed E-state index contributed by atoms with van der Waals surface area (Å²) in [5.41, 5.74) is 1.89. The summed E-state index contributed by atoms with van der Waals surface area (Å²) in [5.74, 6) is -0.115. The molecule has 0 atom stereocenters. The SMILES string of the molecule is COC(=O)c1ncnn1Cc1cnc(OC)c(-c2cccc(Cl)c2)n1. The summed E-state index contributed by atoms with van der Waals surface area (Å²) in [5, 5.41) is 4.60. The quantitative estimate of drug-likeness (QED) is 0.645. The number of carbonyl (C=O) groups excluding carboxylic acids is 1. The van der Waals surface area contributed by atoms with Crippen LogP contribution in [0.25, 0.3) is 11.3 Å². The molecule has 0 fully saturated rings. The van der Waals surface area contributed by atoms with Crippen LogP contribution in [-0.2, 0) is 11.3 Å². The minimum absolute atomic E-state index is 0.0874. The summed E-state index contributed by atoms with van der Waals surface area (Å²) in [7, 11) is 2.80.